The van der Waals surface area contributed by atoms with Crippen molar-refractivity contribution in [3.63, 3.8) is 0 Å². The first-order chi connectivity index (χ1) is 11.5. The van der Waals surface area contributed by atoms with E-state index in [1.54, 1.807) is 12.1 Å². The number of carbonyl (C=O) groups excluding carboxylic acids is 3. The van der Waals surface area contributed by atoms with Gasteiger partial charge in [-0.05, 0) is 24.3 Å². The summed E-state index contributed by atoms with van der Waals surface area (Å²) in [6.45, 7) is -0.470. The van der Waals surface area contributed by atoms with Crippen molar-refractivity contribution in [3.05, 3.63) is 65.5 Å². The summed E-state index contributed by atoms with van der Waals surface area (Å²) < 4.78 is 18.6. The van der Waals surface area contributed by atoms with E-state index in [0.717, 1.165) is 6.07 Å². The molecule has 0 radical (unpaired) electrons. The average Bonchev–Trinajstić information content (AvgIpc) is 2.58. The largest absolute Gasteiger partial charge is 0.483 e. The van der Waals surface area contributed by atoms with Gasteiger partial charge in [0.05, 0.1) is 11.1 Å². The highest BCUT2D eigenvalue weighted by Crippen LogP contribution is 2.16. The predicted octanol–water partition coefficient (Wildman–Crippen LogP) is 0.765. The maximum Gasteiger partial charge on any atom is 0.276 e. The molecule has 0 heterocycles. The van der Waals surface area contributed by atoms with Crippen molar-refractivity contribution in [1.82, 2.24) is 10.9 Å². The number of nitrogens with two attached hydrogens (primary N) is 1. The molecule has 0 aliphatic heterocycles. The number of hydrogen-bond donors (Lipinski definition) is 3. The Kier molecular flexibility index (Phi) is 5.45. The summed E-state index contributed by atoms with van der Waals surface area (Å²) in [5.41, 5.74) is 9.25. The second kappa shape index (κ2) is 7.73. The van der Waals surface area contributed by atoms with E-state index < -0.39 is 30.1 Å². The lowest BCUT2D eigenvalue weighted by molar-refractivity contribution is -0.123. The molecule has 24 heavy (non-hydrogen) atoms. The molecule has 0 aliphatic rings. The lowest BCUT2D eigenvalue weighted by Gasteiger charge is -2.10. The Hall–Kier alpha value is -3.42. The van der Waals surface area contributed by atoms with E-state index in [-0.39, 0.29) is 16.9 Å². The van der Waals surface area contributed by atoms with Crippen LogP contribution in [0.1, 0.15) is 20.7 Å². The third kappa shape index (κ3) is 4.29. The molecule has 2 aromatic rings. The Balaban J connectivity index is 1.87. The van der Waals surface area contributed by atoms with Gasteiger partial charge >= 0.3 is 0 Å². The highest BCUT2D eigenvalue weighted by atomic mass is 19.1. The number of para-hydroxylation sites is 1. The van der Waals surface area contributed by atoms with E-state index in [0.29, 0.717) is 0 Å². The number of halogens is 1. The molecule has 2 rings (SSSR count). The van der Waals surface area contributed by atoms with Crippen LogP contribution in [0.3, 0.4) is 0 Å². The number of carbonyl (C=O) groups is 3. The number of hydrazine groups is 1. The fourth-order valence-electron chi connectivity index (χ4n) is 1.81. The molecule has 0 saturated carbocycles. The first-order valence-electron chi connectivity index (χ1n) is 6.84. The van der Waals surface area contributed by atoms with Gasteiger partial charge in [0, 0.05) is 0 Å². The van der Waals surface area contributed by atoms with Crippen molar-refractivity contribution in [2.24, 2.45) is 5.73 Å². The molecule has 0 aromatic heterocycles. The highest BCUT2D eigenvalue weighted by molar-refractivity contribution is 5.96. The van der Waals surface area contributed by atoms with Crippen LogP contribution in [-0.4, -0.2) is 24.3 Å². The fraction of sp³-hybridized carbons (Fsp3) is 0.0625. The van der Waals surface area contributed by atoms with E-state index in [4.69, 9.17) is 10.5 Å². The zero-order valence-corrected chi connectivity index (χ0v) is 12.4. The van der Waals surface area contributed by atoms with Gasteiger partial charge in [-0.1, -0.05) is 24.3 Å². The number of primary amides is 1. The Morgan fingerprint density at radius 3 is 2.25 bits per heavy atom. The quantitative estimate of drug-likeness (QED) is 0.703. The van der Waals surface area contributed by atoms with E-state index in [2.05, 4.69) is 10.9 Å². The van der Waals surface area contributed by atoms with Crippen molar-refractivity contribution in [2.45, 2.75) is 0 Å². The van der Waals surface area contributed by atoms with Gasteiger partial charge in [-0.15, -0.1) is 0 Å². The molecule has 4 N–H and O–H groups in total. The van der Waals surface area contributed by atoms with E-state index in [1.807, 2.05) is 0 Å². The Labute approximate surface area is 136 Å². The van der Waals surface area contributed by atoms with Gasteiger partial charge in [0.25, 0.3) is 17.7 Å². The maximum atomic E-state index is 13.4. The smallest absolute Gasteiger partial charge is 0.276 e. The maximum absolute atomic E-state index is 13.4. The van der Waals surface area contributed by atoms with Crippen LogP contribution in [0.2, 0.25) is 0 Å². The summed E-state index contributed by atoms with van der Waals surface area (Å²) in [7, 11) is 0. The van der Waals surface area contributed by atoms with Gasteiger partial charge in [-0.25, -0.2) is 4.39 Å². The third-order valence-corrected chi connectivity index (χ3v) is 2.95. The second-order valence-electron chi connectivity index (χ2n) is 4.63. The number of nitrogens with one attached hydrogen (secondary N) is 2. The number of rotatable bonds is 5. The summed E-state index contributed by atoms with van der Waals surface area (Å²) in [5.74, 6) is -2.77. The molecule has 0 unspecified atom stereocenters. The van der Waals surface area contributed by atoms with Crippen LogP contribution in [0.4, 0.5) is 4.39 Å². The second-order valence-corrected chi connectivity index (χ2v) is 4.63. The van der Waals surface area contributed by atoms with E-state index in [1.165, 1.54) is 30.3 Å². The SMILES string of the molecule is NC(=O)c1ccccc1OCC(=O)NNC(=O)c1ccccc1F. The molecule has 0 atom stereocenters. The predicted molar refractivity (Wildman–Crippen MR) is 82.5 cm³/mol. The standard InChI is InChI=1S/C16H14FN3O4/c17-12-7-3-1-5-10(12)16(23)20-19-14(21)9-24-13-8-4-2-6-11(13)15(18)22/h1-8H,9H2,(H2,18,22)(H,19,21)(H,20,23). The summed E-state index contributed by atoms with van der Waals surface area (Å²) in [4.78, 5) is 34.6. The van der Waals surface area contributed by atoms with Crippen LogP contribution >= 0.6 is 0 Å². The first kappa shape index (κ1) is 16.9. The van der Waals surface area contributed by atoms with Crippen LogP contribution in [0.15, 0.2) is 48.5 Å². The van der Waals surface area contributed by atoms with Gasteiger partial charge in [0.1, 0.15) is 11.6 Å². The molecule has 0 fully saturated rings. The zero-order valence-electron chi connectivity index (χ0n) is 12.4. The molecule has 8 heteroatoms. The highest BCUT2D eigenvalue weighted by Gasteiger charge is 2.13. The molecule has 0 spiro atoms. The molecule has 124 valence electrons. The van der Waals surface area contributed by atoms with Crippen LogP contribution in [0, 0.1) is 5.82 Å². The molecule has 0 aliphatic carbocycles. The lowest BCUT2D eigenvalue weighted by atomic mass is 10.2. The normalized spacial score (nSPS) is 9.88. The van der Waals surface area contributed by atoms with Crippen LogP contribution in [-0.2, 0) is 4.79 Å². The number of benzene rings is 2. The summed E-state index contributed by atoms with van der Waals surface area (Å²) in [5, 5.41) is 0. The molecule has 0 bridgehead atoms. The van der Waals surface area contributed by atoms with Crippen LogP contribution < -0.4 is 21.3 Å². The third-order valence-electron chi connectivity index (χ3n) is 2.95. The zero-order chi connectivity index (χ0) is 17.5. The Bertz CT molecular complexity index is 779. The summed E-state index contributed by atoms with van der Waals surface area (Å²) in [6, 6.07) is 11.5. The van der Waals surface area contributed by atoms with Gasteiger partial charge in [-0.2, -0.15) is 0 Å². The number of amides is 3. The lowest BCUT2D eigenvalue weighted by Crippen LogP contribution is -2.44. The minimum atomic E-state index is -0.806. The van der Waals surface area contributed by atoms with Crippen molar-refractivity contribution in [1.29, 1.82) is 0 Å². The minimum Gasteiger partial charge on any atom is -0.483 e. The molecule has 7 nitrogen and oxygen atoms in total. The van der Waals surface area contributed by atoms with Crippen molar-refractivity contribution in [3.8, 4) is 5.75 Å². The molecular weight excluding hydrogens is 317 g/mol. The van der Waals surface area contributed by atoms with Gasteiger partial charge in [0.2, 0.25) is 0 Å². The number of hydrogen-bond acceptors (Lipinski definition) is 4. The fourth-order valence-corrected chi connectivity index (χ4v) is 1.81. The Morgan fingerprint density at radius 1 is 0.958 bits per heavy atom. The van der Waals surface area contributed by atoms with Crippen molar-refractivity contribution in [2.75, 3.05) is 6.61 Å². The van der Waals surface area contributed by atoms with E-state index >= 15 is 0 Å². The van der Waals surface area contributed by atoms with E-state index in [9.17, 15) is 18.8 Å². The van der Waals surface area contributed by atoms with Gasteiger partial charge in [0.15, 0.2) is 6.61 Å². The molecule has 3 amide bonds. The molecule has 0 saturated heterocycles. The number of ether oxygens (including phenoxy) is 1. The first-order valence-corrected chi connectivity index (χ1v) is 6.84. The summed E-state index contributed by atoms with van der Waals surface area (Å²) >= 11 is 0. The monoisotopic (exact) mass is 331 g/mol. The van der Waals surface area contributed by atoms with Gasteiger partial charge < -0.3 is 10.5 Å². The average molecular weight is 331 g/mol. The van der Waals surface area contributed by atoms with Crippen molar-refractivity contribution >= 4 is 17.7 Å². The van der Waals surface area contributed by atoms with Crippen LogP contribution in [0.25, 0.3) is 0 Å². The molecule has 2 aromatic carbocycles. The van der Waals surface area contributed by atoms with Crippen LogP contribution in [0.5, 0.6) is 5.75 Å². The summed E-state index contributed by atoms with van der Waals surface area (Å²) in [6.07, 6.45) is 0. The molecular formula is C16H14FN3O4. The van der Waals surface area contributed by atoms with Gasteiger partial charge in [-0.3, -0.25) is 25.2 Å². The minimum absolute atomic E-state index is 0.126. The topological polar surface area (TPSA) is 111 Å². The van der Waals surface area contributed by atoms with Crippen molar-refractivity contribution < 1.29 is 23.5 Å². The Morgan fingerprint density at radius 2 is 1.58 bits per heavy atom.